The highest BCUT2D eigenvalue weighted by molar-refractivity contribution is 7.99. The average Bonchev–Trinajstić information content (AvgIpc) is 2.81. The maximum atomic E-state index is 13.5. The van der Waals surface area contributed by atoms with Gasteiger partial charge in [0.25, 0.3) is 10.0 Å². The van der Waals surface area contributed by atoms with Gasteiger partial charge in [-0.25, -0.2) is 17.8 Å². The molecule has 1 aromatic heterocycles. The van der Waals surface area contributed by atoms with Gasteiger partial charge >= 0.3 is 0 Å². The van der Waals surface area contributed by atoms with Gasteiger partial charge in [0.15, 0.2) is 5.82 Å². The van der Waals surface area contributed by atoms with Crippen LogP contribution in [0.5, 0.6) is 0 Å². The largest absolute Gasteiger partial charge is 0.263 e. The molecule has 0 aliphatic carbocycles. The highest BCUT2D eigenvalue weighted by Crippen LogP contribution is 2.26. The van der Waals surface area contributed by atoms with Crippen LogP contribution in [-0.4, -0.2) is 42.3 Å². The maximum Gasteiger partial charge on any atom is 0.263 e. The monoisotopic (exact) mass is 276 g/mol. The lowest BCUT2D eigenvalue weighted by Gasteiger charge is -2.22. The predicted molar refractivity (Wildman–Crippen MR) is 64.9 cm³/mol. The summed E-state index contributed by atoms with van der Waals surface area (Å²) < 4.78 is 39.0. The second kappa shape index (κ2) is 4.91. The second-order valence-electron chi connectivity index (χ2n) is 3.83. The number of nitrogens with zero attached hydrogens (tertiary/aromatic N) is 2. The van der Waals surface area contributed by atoms with E-state index in [0.717, 1.165) is 24.0 Å². The van der Waals surface area contributed by atoms with Crippen LogP contribution in [0.2, 0.25) is 0 Å². The third-order valence-corrected chi connectivity index (χ3v) is 5.76. The van der Waals surface area contributed by atoms with Gasteiger partial charge < -0.3 is 0 Å². The van der Waals surface area contributed by atoms with Crippen LogP contribution < -0.4 is 0 Å². The van der Waals surface area contributed by atoms with Crippen LogP contribution in [0.25, 0.3) is 0 Å². The van der Waals surface area contributed by atoms with E-state index in [1.54, 1.807) is 11.8 Å². The van der Waals surface area contributed by atoms with E-state index in [-0.39, 0.29) is 6.04 Å². The van der Waals surface area contributed by atoms with Crippen LogP contribution in [0.15, 0.2) is 23.4 Å². The molecule has 1 aliphatic rings. The molecule has 0 saturated carbocycles. The van der Waals surface area contributed by atoms with Gasteiger partial charge in [0.05, 0.1) is 0 Å². The van der Waals surface area contributed by atoms with Gasteiger partial charge in [0.1, 0.15) is 0 Å². The third kappa shape index (κ3) is 2.46. The quantitative estimate of drug-likeness (QED) is 0.836. The van der Waals surface area contributed by atoms with Crippen molar-refractivity contribution in [3.05, 3.63) is 24.1 Å². The van der Waals surface area contributed by atoms with Crippen LogP contribution in [0.1, 0.15) is 6.42 Å². The number of halogens is 1. The Morgan fingerprint density at radius 2 is 2.35 bits per heavy atom. The lowest BCUT2D eigenvalue weighted by molar-refractivity contribution is 0.389. The van der Waals surface area contributed by atoms with Crippen molar-refractivity contribution in [3.8, 4) is 0 Å². The molecule has 1 fully saturated rings. The Hall–Kier alpha value is -0.660. The van der Waals surface area contributed by atoms with E-state index in [2.05, 4.69) is 4.98 Å². The molecule has 1 aliphatic heterocycles. The number of hydrogen-bond acceptors (Lipinski definition) is 4. The molecule has 2 heterocycles. The first kappa shape index (κ1) is 12.8. The summed E-state index contributed by atoms with van der Waals surface area (Å²) in [5.74, 6) is 0.893. The van der Waals surface area contributed by atoms with Crippen molar-refractivity contribution in [2.24, 2.45) is 0 Å². The van der Waals surface area contributed by atoms with E-state index in [9.17, 15) is 12.8 Å². The molecule has 0 spiro atoms. The molecule has 7 heteroatoms. The van der Waals surface area contributed by atoms with E-state index >= 15 is 0 Å². The molecule has 1 atom stereocenters. The molecule has 17 heavy (non-hydrogen) atoms. The summed E-state index contributed by atoms with van der Waals surface area (Å²) in [7, 11) is -2.33. The average molecular weight is 276 g/mol. The zero-order valence-corrected chi connectivity index (χ0v) is 11.0. The topological polar surface area (TPSA) is 50.3 Å². The third-order valence-electron chi connectivity index (χ3n) is 2.77. The van der Waals surface area contributed by atoms with Crippen LogP contribution >= 0.6 is 11.8 Å². The lowest BCUT2D eigenvalue weighted by Crippen LogP contribution is -2.37. The Labute approximate surface area is 104 Å². The fourth-order valence-electron chi connectivity index (χ4n) is 1.70. The van der Waals surface area contributed by atoms with E-state index < -0.39 is 20.9 Å². The minimum atomic E-state index is -3.82. The first-order valence-corrected chi connectivity index (χ1v) is 7.79. The smallest absolute Gasteiger partial charge is 0.241 e. The van der Waals surface area contributed by atoms with Gasteiger partial charge in [0, 0.05) is 25.0 Å². The Bertz CT molecular complexity index is 501. The molecule has 1 aromatic rings. The first-order chi connectivity index (χ1) is 8.03. The van der Waals surface area contributed by atoms with E-state index in [1.807, 2.05) is 0 Å². The zero-order valence-electron chi connectivity index (χ0n) is 9.34. The van der Waals surface area contributed by atoms with Crippen LogP contribution in [0.4, 0.5) is 4.39 Å². The minimum Gasteiger partial charge on any atom is -0.241 e. The molecular weight excluding hydrogens is 263 g/mol. The highest BCUT2D eigenvalue weighted by atomic mass is 32.2. The molecule has 4 nitrogen and oxygen atoms in total. The van der Waals surface area contributed by atoms with Crippen molar-refractivity contribution in [2.75, 3.05) is 18.6 Å². The number of pyridine rings is 1. The number of thioether (sulfide) groups is 1. The van der Waals surface area contributed by atoms with E-state index in [1.165, 1.54) is 23.6 Å². The molecular formula is C10H13FN2O2S2. The van der Waals surface area contributed by atoms with Gasteiger partial charge in [-0.1, -0.05) is 0 Å². The van der Waals surface area contributed by atoms with Crippen LogP contribution in [0, 0.1) is 5.82 Å². The molecule has 0 radical (unpaired) electrons. The molecule has 0 bridgehead atoms. The normalized spacial score (nSPS) is 21.0. The fraction of sp³-hybridized carbons (Fsp3) is 0.500. The Morgan fingerprint density at radius 1 is 1.59 bits per heavy atom. The van der Waals surface area contributed by atoms with Crippen LogP contribution in [-0.2, 0) is 10.0 Å². The van der Waals surface area contributed by atoms with Crippen molar-refractivity contribution >= 4 is 21.8 Å². The van der Waals surface area contributed by atoms with Gasteiger partial charge in [-0.05, 0) is 24.3 Å². The Kier molecular flexibility index (Phi) is 3.70. The van der Waals surface area contributed by atoms with E-state index in [4.69, 9.17) is 0 Å². The van der Waals surface area contributed by atoms with Crippen molar-refractivity contribution in [1.82, 2.24) is 9.29 Å². The Balaban J connectivity index is 2.33. The van der Waals surface area contributed by atoms with E-state index in [0.29, 0.717) is 0 Å². The van der Waals surface area contributed by atoms with Gasteiger partial charge in [-0.2, -0.15) is 16.1 Å². The number of rotatable bonds is 3. The molecule has 94 valence electrons. The second-order valence-corrected chi connectivity index (χ2v) is 6.89. The van der Waals surface area contributed by atoms with Crippen LogP contribution in [0.3, 0.4) is 0 Å². The fourth-order valence-corrected chi connectivity index (χ4v) is 4.42. The van der Waals surface area contributed by atoms with Crippen molar-refractivity contribution < 1.29 is 12.8 Å². The van der Waals surface area contributed by atoms with Crippen molar-refractivity contribution in [3.63, 3.8) is 0 Å². The summed E-state index contributed by atoms with van der Waals surface area (Å²) in [5.41, 5.74) is 0. The summed E-state index contributed by atoms with van der Waals surface area (Å²) in [4.78, 5) is 3.63. The van der Waals surface area contributed by atoms with Gasteiger partial charge in [-0.3, -0.25) is 0 Å². The van der Waals surface area contributed by atoms with Gasteiger partial charge in [-0.15, -0.1) is 0 Å². The zero-order chi connectivity index (χ0) is 12.5. The minimum absolute atomic E-state index is 0.0635. The number of sulfonamides is 1. The number of hydrogen-bond donors (Lipinski definition) is 0. The standard InChI is InChI=1S/C10H13FN2O2S2/c1-13(8-4-6-16-7-8)17(14,15)10-9(11)3-2-5-12-10/h2-3,5,8H,4,6-7H2,1H3. The summed E-state index contributed by atoms with van der Waals surface area (Å²) in [5, 5.41) is -0.487. The lowest BCUT2D eigenvalue weighted by atomic mass is 10.3. The van der Waals surface area contributed by atoms with Crippen molar-refractivity contribution in [2.45, 2.75) is 17.5 Å². The number of aromatic nitrogens is 1. The SMILES string of the molecule is CN(C1CCSC1)S(=O)(=O)c1ncccc1F. The highest BCUT2D eigenvalue weighted by Gasteiger charge is 2.32. The molecule has 0 amide bonds. The maximum absolute atomic E-state index is 13.5. The van der Waals surface area contributed by atoms with Gasteiger partial charge in [0.2, 0.25) is 5.03 Å². The molecule has 0 N–H and O–H groups in total. The summed E-state index contributed by atoms with van der Waals surface area (Å²) in [6.07, 6.45) is 2.09. The first-order valence-electron chi connectivity index (χ1n) is 5.20. The predicted octanol–water partition coefficient (Wildman–Crippen LogP) is 1.35. The summed E-state index contributed by atoms with van der Waals surface area (Å²) >= 11 is 1.71. The molecule has 1 unspecified atom stereocenters. The molecule has 1 saturated heterocycles. The Morgan fingerprint density at radius 3 is 2.94 bits per heavy atom. The summed E-state index contributed by atoms with van der Waals surface area (Å²) in [6, 6.07) is 2.42. The molecule has 0 aromatic carbocycles. The summed E-state index contributed by atoms with van der Waals surface area (Å²) in [6.45, 7) is 0. The molecule has 2 rings (SSSR count). The van der Waals surface area contributed by atoms with Crippen molar-refractivity contribution in [1.29, 1.82) is 0 Å².